The van der Waals surface area contributed by atoms with E-state index in [0.29, 0.717) is 0 Å². The molecule has 0 N–H and O–H groups in total. The summed E-state index contributed by atoms with van der Waals surface area (Å²) < 4.78 is 11.5. The van der Waals surface area contributed by atoms with Crippen molar-refractivity contribution in [3.63, 3.8) is 0 Å². The highest BCUT2D eigenvalue weighted by molar-refractivity contribution is 4.84. The van der Waals surface area contributed by atoms with Gasteiger partial charge in [-0.05, 0) is 18.9 Å². The van der Waals surface area contributed by atoms with Crippen molar-refractivity contribution < 1.29 is 9.47 Å². The van der Waals surface area contributed by atoms with Crippen LogP contribution in [0.2, 0.25) is 0 Å². The van der Waals surface area contributed by atoms with E-state index in [1.807, 2.05) is 0 Å². The molecule has 14 heavy (non-hydrogen) atoms. The number of ether oxygens (including phenoxy) is 2. The number of piperidine rings is 1. The van der Waals surface area contributed by atoms with E-state index in [4.69, 9.17) is 9.47 Å². The lowest BCUT2D eigenvalue weighted by atomic mass is 10.0. The lowest BCUT2D eigenvalue weighted by molar-refractivity contribution is -0.190. The van der Waals surface area contributed by atoms with Crippen LogP contribution < -0.4 is 0 Å². The van der Waals surface area contributed by atoms with Crippen LogP contribution in [-0.2, 0) is 9.47 Å². The van der Waals surface area contributed by atoms with Gasteiger partial charge < -0.3 is 9.47 Å². The molecule has 3 heteroatoms. The minimum absolute atomic E-state index is 0.243. The number of rotatable bonds is 2. The molecule has 2 rings (SSSR count). The Balaban J connectivity index is 1.90. The predicted molar refractivity (Wildman–Crippen MR) is 55.1 cm³/mol. The Morgan fingerprint density at radius 3 is 2.64 bits per heavy atom. The second-order valence-corrected chi connectivity index (χ2v) is 4.84. The third-order valence-corrected chi connectivity index (χ3v) is 2.93. The van der Waals surface area contributed by atoms with Gasteiger partial charge in [0.15, 0.2) is 5.79 Å². The third-order valence-electron chi connectivity index (χ3n) is 2.93. The molecule has 0 saturated carbocycles. The topological polar surface area (TPSA) is 21.7 Å². The molecule has 2 heterocycles. The molecule has 2 saturated heterocycles. The maximum Gasteiger partial charge on any atom is 0.181 e. The van der Waals surface area contributed by atoms with E-state index in [0.717, 1.165) is 38.6 Å². The van der Waals surface area contributed by atoms with E-state index < -0.39 is 0 Å². The largest absolute Gasteiger partial charge is 0.346 e. The number of likely N-dealkylation sites (tertiary alicyclic amines) is 1. The zero-order valence-corrected chi connectivity index (χ0v) is 9.29. The van der Waals surface area contributed by atoms with Crippen molar-refractivity contribution in [2.45, 2.75) is 32.5 Å². The first kappa shape index (κ1) is 10.4. The molecule has 2 aliphatic rings. The minimum Gasteiger partial charge on any atom is -0.346 e. The van der Waals surface area contributed by atoms with E-state index in [2.05, 4.69) is 18.7 Å². The van der Waals surface area contributed by atoms with Crippen LogP contribution in [0.4, 0.5) is 0 Å². The summed E-state index contributed by atoms with van der Waals surface area (Å²) in [5.74, 6) is 0.485. The summed E-state index contributed by atoms with van der Waals surface area (Å²) in [6.07, 6.45) is 2.27. The van der Waals surface area contributed by atoms with Gasteiger partial charge in [-0.25, -0.2) is 0 Å². The summed E-state index contributed by atoms with van der Waals surface area (Å²) in [5, 5.41) is 0. The minimum atomic E-state index is -0.243. The van der Waals surface area contributed by atoms with Gasteiger partial charge in [-0.2, -0.15) is 0 Å². The molecule has 0 unspecified atom stereocenters. The quantitative estimate of drug-likeness (QED) is 0.672. The smallest absolute Gasteiger partial charge is 0.181 e. The van der Waals surface area contributed by atoms with Crippen molar-refractivity contribution in [1.82, 2.24) is 4.90 Å². The lowest BCUT2D eigenvalue weighted by Crippen LogP contribution is -2.49. The van der Waals surface area contributed by atoms with Gasteiger partial charge >= 0.3 is 0 Å². The summed E-state index contributed by atoms with van der Waals surface area (Å²) in [5.41, 5.74) is 0. The fourth-order valence-corrected chi connectivity index (χ4v) is 2.48. The molecule has 0 radical (unpaired) electrons. The molecule has 0 bridgehead atoms. The van der Waals surface area contributed by atoms with Crippen LogP contribution in [0.3, 0.4) is 0 Å². The van der Waals surface area contributed by atoms with Crippen LogP contribution in [0.25, 0.3) is 0 Å². The van der Waals surface area contributed by atoms with E-state index >= 15 is 0 Å². The fraction of sp³-hybridized carbons (Fsp3) is 1.00. The molecule has 0 aromatic carbocycles. The molecule has 3 nitrogen and oxygen atoms in total. The van der Waals surface area contributed by atoms with E-state index in [9.17, 15) is 0 Å². The second kappa shape index (κ2) is 4.17. The number of nitrogens with zero attached hydrogens (tertiary/aromatic N) is 1. The molecule has 0 aliphatic carbocycles. The Hall–Kier alpha value is -0.120. The summed E-state index contributed by atoms with van der Waals surface area (Å²) in [4.78, 5) is 2.47. The van der Waals surface area contributed by atoms with Gasteiger partial charge in [0.25, 0.3) is 0 Å². The van der Waals surface area contributed by atoms with Crippen LogP contribution in [-0.4, -0.2) is 43.5 Å². The first-order chi connectivity index (χ1) is 6.70. The van der Waals surface area contributed by atoms with Crippen molar-refractivity contribution in [1.29, 1.82) is 0 Å². The molecule has 1 spiro atoms. The number of hydrogen-bond acceptors (Lipinski definition) is 3. The standard InChI is InChI=1S/C11H21NO2/c1-10(2)8-12-5-3-4-11(9-12)13-6-7-14-11/h10H,3-9H2,1-2H3. The van der Waals surface area contributed by atoms with Crippen LogP contribution in [0.5, 0.6) is 0 Å². The molecule has 2 fully saturated rings. The molecule has 82 valence electrons. The normalized spacial score (nSPS) is 27.6. The van der Waals surface area contributed by atoms with E-state index in [1.54, 1.807) is 0 Å². The summed E-state index contributed by atoms with van der Waals surface area (Å²) in [6, 6.07) is 0. The lowest BCUT2D eigenvalue weighted by Gasteiger charge is -2.39. The van der Waals surface area contributed by atoms with Crippen molar-refractivity contribution >= 4 is 0 Å². The highest BCUT2D eigenvalue weighted by Gasteiger charge is 2.40. The Bertz CT molecular complexity index is 188. The molecule has 0 atom stereocenters. The van der Waals surface area contributed by atoms with Crippen LogP contribution >= 0.6 is 0 Å². The van der Waals surface area contributed by atoms with Gasteiger partial charge in [-0.1, -0.05) is 13.8 Å². The van der Waals surface area contributed by atoms with Gasteiger partial charge in [0.2, 0.25) is 0 Å². The fourth-order valence-electron chi connectivity index (χ4n) is 2.48. The van der Waals surface area contributed by atoms with Gasteiger partial charge in [0.1, 0.15) is 0 Å². The van der Waals surface area contributed by atoms with Gasteiger partial charge in [-0.15, -0.1) is 0 Å². The maximum atomic E-state index is 5.73. The average Bonchev–Trinajstić information content (AvgIpc) is 2.52. The van der Waals surface area contributed by atoms with Crippen molar-refractivity contribution in [2.75, 3.05) is 32.8 Å². The summed E-state index contributed by atoms with van der Waals surface area (Å²) in [7, 11) is 0. The molecule has 2 aliphatic heterocycles. The first-order valence-electron chi connectivity index (χ1n) is 5.70. The third kappa shape index (κ3) is 2.27. The first-order valence-corrected chi connectivity index (χ1v) is 5.70. The zero-order chi connectivity index (χ0) is 10.0. The molecule has 0 aromatic heterocycles. The molecule has 0 aromatic rings. The monoisotopic (exact) mass is 199 g/mol. The predicted octanol–water partition coefficient (Wildman–Crippen LogP) is 1.48. The highest BCUT2D eigenvalue weighted by atomic mass is 16.7. The molecular formula is C11H21NO2. The molecular weight excluding hydrogens is 178 g/mol. The zero-order valence-electron chi connectivity index (χ0n) is 9.29. The SMILES string of the molecule is CC(C)CN1CCCC2(C1)OCCO2. The highest BCUT2D eigenvalue weighted by Crippen LogP contribution is 2.30. The van der Waals surface area contributed by atoms with E-state index in [-0.39, 0.29) is 5.79 Å². The van der Waals surface area contributed by atoms with Crippen LogP contribution in [0.1, 0.15) is 26.7 Å². The Kier molecular flexibility index (Phi) is 3.10. The average molecular weight is 199 g/mol. The van der Waals surface area contributed by atoms with Gasteiger partial charge in [-0.3, -0.25) is 4.90 Å². The Labute approximate surface area is 86.4 Å². The Morgan fingerprint density at radius 1 is 1.29 bits per heavy atom. The maximum absolute atomic E-state index is 5.73. The molecule has 0 amide bonds. The summed E-state index contributed by atoms with van der Waals surface area (Å²) in [6.45, 7) is 9.40. The van der Waals surface area contributed by atoms with Gasteiger partial charge in [0.05, 0.1) is 19.8 Å². The summed E-state index contributed by atoms with van der Waals surface area (Å²) >= 11 is 0. The second-order valence-electron chi connectivity index (χ2n) is 4.84. The van der Waals surface area contributed by atoms with Crippen LogP contribution in [0.15, 0.2) is 0 Å². The van der Waals surface area contributed by atoms with E-state index in [1.165, 1.54) is 13.0 Å². The number of hydrogen-bond donors (Lipinski definition) is 0. The van der Waals surface area contributed by atoms with Crippen molar-refractivity contribution in [3.05, 3.63) is 0 Å². The van der Waals surface area contributed by atoms with Gasteiger partial charge in [0, 0.05) is 13.0 Å². The van der Waals surface area contributed by atoms with Crippen LogP contribution in [0, 0.1) is 5.92 Å². The van der Waals surface area contributed by atoms with Crippen molar-refractivity contribution in [3.8, 4) is 0 Å². The van der Waals surface area contributed by atoms with Crippen molar-refractivity contribution in [2.24, 2.45) is 5.92 Å². The Morgan fingerprint density at radius 2 is 2.00 bits per heavy atom.